The van der Waals surface area contributed by atoms with Gasteiger partial charge in [0.1, 0.15) is 0 Å². The van der Waals surface area contributed by atoms with Crippen LogP contribution in [0.5, 0.6) is 0 Å². The summed E-state index contributed by atoms with van der Waals surface area (Å²) >= 11 is 1.57. The fourth-order valence-electron chi connectivity index (χ4n) is 3.32. The van der Waals surface area contributed by atoms with Crippen LogP contribution >= 0.6 is 11.8 Å². The molecule has 0 atom stereocenters. The van der Waals surface area contributed by atoms with Gasteiger partial charge in [-0.1, -0.05) is 58.0 Å². The Morgan fingerprint density at radius 2 is 1.53 bits per heavy atom. The first-order valence-corrected chi connectivity index (χ1v) is 11.8. The second-order valence-corrected chi connectivity index (χ2v) is 9.35. The van der Waals surface area contributed by atoms with Crippen LogP contribution in [0.4, 0.5) is 11.4 Å². The van der Waals surface area contributed by atoms with Crippen molar-refractivity contribution in [3.63, 3.8) is 0 Å². The van der Waals surface area contributed by atoms with Crippen LogP contribution in [0.2, 0.25) is 0 Å². The van der Waals surface area contributed by atoms with Crippen molar-refractivity contribution in [3.05, 3.63) is 59.2 Å². The highest BCUT2D eigenvalue weighted by Crippen LogP contribution is 2.32. The molecular weight excluding hydrogens is 392 g/mol. The van der Waals surface area contributed by atoms with Gasteiger partial charge in [0.05, 0.1) is 5.75 Å². The van der Waals surface area contributed by atoms with Crippen LogP contribution in [-0.4, -0.2) is 23.3 Å². The average Bonchev–Trinajstić information content (AvgIpc) is 2.67. The molecule has 2 rings (SSSR count). The summed E-state index contributed by atoms with van der Waals surface area (Å²) in [5.41, 5.74) is 5.26. The third-order valence-electron chi connectivity index (χ3n) is 4.86. The summed E-state index contributed by atoms with van der Waals surface area (Å²) < 4.78 is 0. The monoisotopic (exact) mass is 426 g/mol. The van der Waals surface area contributed by atoms with Gasteiger partial charge in [-0.2, -0.15) is 11.8 Å². The standard InChI is InChI=1S/C25H34N2O2S/c1-17(2)21-11-7-12-22(18(3)4)25(21)27-24(29)16-30-14-8-13-23(28)26-20-10-6-9-19(5)15-20/h6-7,9-12,15,17-18H,8,13-14,16H2,1-5H3,(H,26,28)(H,27,29). The van der Waals surface area contributed by atoms with Gasteiger partial charge in [-0.15, -0.1) is 0 Å². The van der Waals surface area contributed by atoms with E-state index in [9.17, 15) is 9.59 Å². The highest BCUT2D eigenvalue weighted by Gasteiger charge is 2.16. The minimum atomic E-state index is 0.0121. The van der Waals surface area contributed by atoms with Crippen molar-refractivity contribution in [2.45, 2.75) is 59.3 Å². The van der Waals surface area contributed by atoms with Crippen LogP contribution in [0.15, 0.2) is 42.5 Å². The number of thioether (sulfide) groups is 1. The Bertz CT molecular complexity index is 836. The molecule has 0 saturated heterocycles. The van der Waals surface area contributed by atoms with Crippen molar-refractivity contribution in [1.82, 2.24) is 0 Å². The molecule has 2 aromatic rings. The van der Waals surface area contributed by atoms with Crippen LogP contribution in [0.25, 0.3) is 0 Å². The number of para-hydroxylation sites is 1. The zero-order valence-corrected chi connectivity index (χ0v) is 19.6. The highest BCUT2D eigenvalue weighted by molar-refractivity contribution is 7.99. The van der Waals surface area contributed by atoms with E-state index in [0.29, 0.717) is 24.0 Å². The number of benzene rings is 2. The molecule has 0 aliphatic heterocycles. The van der Waals surface area contributed by atoms with Gasteiger partial charge < -0.3 is 10.6 Å². The third-order valence-corrected chi connectivity index (χ3v) is 5.91. The van der Waals surface area contributed by atoms with E-state index < -0.39 is 0 Å². The first-order chi connectivity index (χ1) is 14.3. The molecule has 0 fully saturated rings. The number of aryl methyl sites for hydroxylation is 1. The molecule has 0 unspecified atom stereocenters. The van der Waals surface area contributed by atoms with Gasteiger partial charge in [-0.3, -0.25) is 9.59 Å². The first kappa shape index (κ1) is 24.0. The minimum absolute atomic E-state index is 0.0121. The molecule has 0 aliphatic rings. The van der Waals surface area contributed by atoms with Gasteiger partial charge >= 0.3 is 0 Å². The number of amides is 2. The normalized spacial score (nSPS) is 11.0. The van der Waals surface area contributed by atoms with Crippen molar-refractivity contribution < 1.29 is 9.59 Å². The Kier molecular flexibility index (Phi) is 9.44. The van der Waals surface area contributed by atoms with E-state index in [1.807, 2.05) is 31.2 Å². The SMILES string of the molecule is Cc1cccc(NC(=O)CCCSCC(=O)Nc2c(C(C)C)cccc2C(C)C)c1. The second kappa shape index (κ2) is 11.8. The van der Waals surface area contributed by atoms with Crippen LogP contribution in [0.1, 0.15) is 69.1 Å². The summed E-state index contributed by atoms with van der Waals surface area (Å²) in [6.45, 7) is 10.6. The maximum atomic E-state index is 12.5. The molecule has 2 N–H and O–H groups in total. The summed E-state index contributed by atoms with van der Waals surface area (Å²) in [6, 6.07) is 14.0. The van der Waals surface area contributed by atoms with Gasteiger partial charge in [0.15, 0.2) is 0 Å². The molecular formula is C25H34N2O2S. The molecule has 0 aromatic heterocycles. The van der Waals surface area contributed by atoms with Crippen molar-refractivity contribution in [2.24, 2.45) is 0 Å². The number of carbonyl (C=O) groups is 2. The van der Waals surface area contributed by atoms with E-state index >= 15 is 0 Å². The number of rotatable bonds is 10. The second-order valence-electron chi connectivity index (χ2n) is 8.24. The van der Waals surface area contributed by atoms with E-state index in [0.717, 1.165) is 29.1 Å². The predicted molar refractivity (Wildman–Crippen MR) is 130 cm³/mol. The smallest absolute Gasteiger partial charge is 0.234 e. The van der Waals surface area contributed by atoms with Crippen molar-refractivity contribution in [2.75, 3.05) is 22.1 Å². The van der Waals surface area contributed by atoms with Gasteiger partial charge in [-0.05, 0) is 59.8 Å². The summed E-state index contributed by atoms with van der Waals surface area (Å²) in [4.78, 5) is 24.6. The minimum Gasteiger partial charge on any atom is -0.326 e. The lowest BCUT2D eigenvalue weighted by atomic mass is 9.92. The molecule has 4 nitrogen and oxygen atoms in total. The summed E-state index contributed by atoms with van der Waals surface area (Å²) in [5, 5.41) is 6.06. The number of carbonyl (C=O) groups excluding carboxylic acids is 2. The van der Waals surface area contributed by atoms with E-state index in [4.69, 9.17) is 0 Å². The molecule has 0 heterocycles. The van der Waals surface area contributed by atoms with E-state index in [2.05, 4.69) is 56.5 Å². The molecule has 30 heavy (non-hydrogen) atoms. The van der Waals surface area contributed by atoms with Gasteiger partial charge in [0.2, 0.25) is 11.8 Å². The Hall–Kier alpha value is -2.27. The van der Waals surface area contributed by atoms with Crippen LogP contribution < -0.4 is 10.6 Å². The lowest BCUT2D eigenvalue weighted by Crippen LogP contribution is -2.18. The van der Waals surface area contributed by atoms with Crippen molar-refractivity contribution in [1.29, 1.82) is 0 Å². The molecule has 0 saturated carbocycles. The number of hydrogen-bond acceptors (Lipinski definition) is 3. The maximum absolute atomic E-state index is 12.5. The largest absolute Gasteiger partial charge is 0.326 e. The summed E-state index contributed by atoms with van der Waals surface area (Å²) in [7, 11) is 0. The van der Waals surface area contributed by atoms with Crippen LogP contribution in [-0.2, 0) is 9.59 Å². The molecule has 2 aromatic carbocycles. The Morgan fingerprint density at radius 1 is 0.900 bits per heavy atom. The Balaban J connectivity index is 1.77. The molecule has 162 valence electrons. The zero-order chi connectivity index (χ0) is 22.1. The topological polar surface area (TPSA) is 58.2 Å². The molecule has 0 radical (unpaired) electrons. The molecule has 5 heteroatoms. The van der Waals surface area contributed by atoms with E-state index in [1.54, 1.807) is 11.8 Å². The lowest BCUT2D eigenvalue weighted by molar-refractivity contribution is -0.116. The molecule has 2 amide bonds. The lowest BCUT2D eigenvalue weighted by Gasteiger charge is -2.20. The maximum Gasteiger partial charge on any atom is 0.234 e. The zero-order valence-electron chi connectivity index (χ0n) is 18.7. The summed E-state index contributed by atoms with van der Waals surface area (Å²) in [5.74, 6) is 1.88. The molecule has 0 aliphatic carbocycles. The van der Waals surface area contributed by atoms with Gasteiger partial charge in [0.25, 0.3) is 0 Å². The quantitative estimate of drug-likeness (QED) is 0.436. The number of hydrogen-bond donors (Lipinski definition) is 2. The molecule has 0 spiro atoms. The first-order valence-electron chi connectivity index (χ1n) is 10.6. The highest BCUT2D eigenvalue weighted by atomic mass is 32.2. The third kappa shape index (κ3) is 7.52. The fraction of sp³-hybridized carbons (Fsp3) is 0.440. The number of nitrogens with one attached hydrogen (secondary N) is 2. The predicted octanol–water partition coefficient (Wildman–Crippen LogP) is 6.33. The van der Waals surface area contributed by atoms with Gasteiger partial charge in [-0.25, -0.2) is 0 Å². The van der Waals surface area contributed by atoms with E-state index in [1.165, 1.54) is 11.1 Å². The van der Waals surface area contributed by atoms with E-state index in [-0.39, 0.29) is 11.8 Å². The average molecular weight is 427 g/mol. The van der Waals surface area contributed by atoms with Crippen molar-refractivity contribution >= 4 is 35.0 Å². The molecule has 0 bridgehead atoms. The number of anilines is 2. The van der Waals surface area contributed by atoms with Crippen LogP contribution in [0, 0.1) is 6.92 Å². The fourth-order valence-corrected chi connectivity index (χ4v) is 4.07. The van der Waals surface area contributed by atoms with Crippen molar-refractivity contribution in [3.8, 4) is 0 Å². The Labute approximate surface area is 185 Å². The van der Waals surface area contributed by atoms with Gasteiger partial charge in [0, 0.05) is 17.8 Å². The summed E-state index contributed by atoms with van der Waals surface area (Å²) in [6.07, 6.45) is 1.20. The van der Waals surface area contributed by atoms with Crippen LogP contribution in [0.3, 0.4) is 0 Å². The Morgan fingerprint density at radius 3 is 2.13 bits per heavy atom.